The van der Waals surface area contributed by atoms with Crippen molar-refractivity contribution in [1.29, 1.82) is 0 Å². The molecule has 0 saturated heterocycles. The second-order valence-electron chi connectivity index (χ2n) is 6.88. The number of carbonyl (C=O) groups is 2. The van der Waals surface area contributed by atoms with Gasteiger partial charge in [0.05, 0.1) is 11.4 Å². The van der Waals surface area contributed by atoms with E-state index in [1.807, 2.05) is 6.92 Å². The summed E-state index contributed by atoms with van der Waals surface area (Å²) in [6.07, 6.45) is 4.51. The molecule has 1 fully saturated rings. The molecule has 0 aliphatic heterocycles. The van der Waals surface area contributed by atoms with Crippen molar-refractivity contribution in [1.82, 2.24) is 40.8 Å². The second-order valence-corrected chi connectivity index (χ2v) is 6.88. The number of rotatable bonds is 8. The Kier molecular flexibility index (Phi) is 5.32. The van der Waals surface area contributed by atoms with E-state index in [2.05, 4.69) is 36.1 Å². The lowest BCUT2D eigenvalue weighted by Gasteiger charge is -2.09. The fourth-order valence-electron chi connectivity index (χ4n) is 3.00. The minimum absolute atomic E-state index is 0.132. The molecule has 1 aliphatic carbocycles. The van der Waals surface area contributed by atoms with Gasteiger partial charge in [-0.25, -0.2) is 9.67 Å². The number of aryl methyl sites for hydroxylation is 1. The van der Waals surface area contributed by atoms with Crippen molar-refractivity contribution in [2.45, 2.75) is 38.6 Å². The van der Waals surface area contributed by atoms with Gasteiger partial charge in [-0.3, -0.25) is 14.7 Å². The predicted molar refractivity (Wildman–Crippen MR) is 104 cm³/mol. The molecule has 0 unspecified atom stereocenters. The summed E-state index contributed by atoms with van der Waals surface area (Å²) in [5.41, 5.74) is 2.28. The number of carbonyl (C=O) groups excluding carboxylic acids is 2. The molecule has 3 aromatic rings. The van der Waals surface area contributed by atoms with Gasteiger partial charge in [0.15, 0.2) is 5.69 Å². The molecule has 2 amide bonds. The number of hydrogen-bond donors (Lipinski definition) is 3. The Hall–Kier alpha value is -3.56. The molecule has 10 nitrogen and oxygen atoms in total. The first-order valence-corrected chi connectivity index (χ1v) is 9.64. The van der Waals surface area contributed by atoms with E-state index in [-0.39, 0.29) is 17.9 Å². The first-order chi connectivity index (χ1) is 14.2. The number of hydrogen-bond acceptors (Lipinski definition) is 6. The molecule has 0 atom stereocenters. The highest BCUT2D eigenvalue weighted by Gasteiger charge is 2.27. The van der Waals surface area contributed by atoms with Crippen LogP contribution >= 0.6 is 0 Å². The first kappa shape index (κ1) is 18.8. The van der Waals surface area contributed by atoms with Gasteiger partial charge in [0, 0.05) is 24.6 Å². The monoisotopic (exact) mass is 394 g/mol. The van der Waals surface area contributed by atoms with Crippen LogP contribution in [0.25, 0.3) is 5.69 Å². The van der Waals surface area contributed by atoms with Crippen LogP contribution in [0.4, 0.5) is 0 Å². The molecular weight excluding hydrogens is 372 g/mol. The van der Waals surface area contributed by atoms with E-state index in [1.54, 1.807) is 28.9 Å². The summed E-state index contributed by atoms with van der Waals surface area (Å²) in [6, 6.07) is 7.27. The molecular formula is C19H22N8O2. The van der Waals surface area contributed by atoms with Crippen molar-refractivity contribution in [2.24, 2.45) is 0 Å². The van der Waals surface area contributed by atoms with Gasteiger partial charge in [0.1, 0.15) is 12.2 Å². The van der Waals surface area contributed by atoms with Gasteiger partial charge in [0.2, 0.25) is 0 Å². The van der Waals surface area contributed by atoms with Gasteiger partial charge in [-0.2, -0.15) is 5.10 Å². The fourth-order valence-corrected chi connectivity index (χ4v) is 3.00. The maximum absolute atomic E-state index is 12.6. The van der Waals surface area contributed by atoms with Crippen molar-refractivity contribution in [3.05, 3.63) is 53.4 Å². The Morgan fingerprint density at radius 2 is 1.97 bits per heavy atom. The van der Waals surface area contributed by atoms with Crippen molar-refractivity contribution in [2.75, 3.05) is 6.54 Å². The SMILES string of the molecule is CCNC(=O)c1ccc(-n2nnc(C(=O)NC3CC3)c2CCc2ncn[nH]2)cc1. The van der Waals surface area contributed by atoms with Crippen molar-refractivity contribution >= 4 is 11.8 Å². The standard InChI is InChI=1S/C19H22N8O2/c1-2-20-18(28)12-3-7-14(8-4-12)27-15(9-10-16-21-11-22-24-16)17(25-26-27)19(29)23-13-5-6-13/h3-4,7-8,11,13H,2,5-6,9-10H2,1H3,(H,20,28)(H,23,29)(H,21,22,24). The van der Waals surface area contributed by atoms with Crippen LogP contribution in [0.1, 0.15) is 52.1 Å². The smallest absolute Gasteiger partial charge is 0.273 e. The molecule has 10 heteroatoms. The van der Waals surface area contributed by atoms with Gasteiger partial charge in [0.25, 0.3) is 11.8 Å². The Bertz CT molecular complexity index is 990. The topological polar surface area (TPSA) is 130 Å². The quantitative estimate of drug-likeness (QED) is 0.518. The molecule has 0 bridgehead atoms. The first-order valence-electron chi connectivity index (χ1n) is 9.64. The lowest BCUT2D eigenvalue weighted by atomic mass is 10.1. The summed E-state index contributed by atoms with van der Waals surface area (Å²) in [7, 11) is 0. The van der Waals surface area contributed by atoms with Crippen LogP contribution in [-0.4, -0.2) is 54.6 Å². The number of nitrogens with zero attached hydrogens (tertiary/aromatic N) is 5. The van der Waals surface area contributed by atoms with Crippen LogP contribution in [0.15, 0.2) is 30.6 Å². The van der Waals surface area contributed by atoms with Crippen molar-refractivity contribution < 1.29 is 9.59 Å². The molecule has 1 aliphatic rings. The molecule has 1 aromatic carbocycles. The third-order valence-corrected chi connectivity index (χ3v) is 4.67. The zero-order valence-electron chi connectivity index (χ0n) is 16.1. The average molecular weight is 394 g/mol. The molecule has 3 N–H and O–H groups in total. The number of amides is 2. The summed E-state index contributed by atoms with van der Waals surface area (Å²) in [6.45, 7) is 2.44. The summed E-state index contributed by atoms with van der Waals surface area (Å²) < 4.78 is 1.64. The lowest BCUT2D eigenvalue weighted by molar-refractivity contribution is 0.0940. The van der Waals surface area contributed by atoms with Crippen molar-refractivity contribution in [3.8, 4) is 5.69 Å². The van der Waals surface area contributed by atoms with Crippen LogP contribution in [0.3, 0.4) is 0 Å². The third kappa shape index (κ3) is 4.31. The summed E-state index contributed by atoms with van der Waals surface area (Å²) in [5, 5.41) is 20.8. The van der Waals surface area contributed by atoms with E-state index in [0.29, 0.717) is 36.3 Å². The molecule has 29 heavy (non-hydrogen) atoms. The van der Waals surface area contributed by atoms with Gasteiger partial charge >= 0.3 is 0 Å². The number of aromatic nitrogens is 6. The normalized spacial score (nSPS) is 13.3. The van der Waals surface area contributed by atoms with Gasteiger partial charge < -0.3 is 10.6 Å². The average Bonchev–Trinajstić information content (AvgIpc) is 3.21. The summed E-state index contributed by atoms with van der Waals surface area (Å²) >= 11 is 0. The van der Waals surface area contributed by atoms with E-state index in [0.717, 1.165) is 24.4 Å². The summed E-state index contributed by atoms with van der Waals surface area (Å²) in [4.78, 5) is 28.7. The number of nitrogens with one attached hydrogen (secondary N) is 3. The van der Waals surface area contributed by atoms with E-state index in [1.165, 1.54) is 6.33 Å². The third-order valence-electron chi connectivity index (χ3n) is 4.67. The van der Waals surface area contributed by atoms with Crippen LogP contribution < -0.4 is 10.6 Å². The zero-order chi connectivity index (χ0) is 20.2. The minimum Gasteiger partial charge on any atom is -0.352 e. The molecule has 150 valence electrons. The second kappa shape index (κ2) is 8.21. The molecule has 2 heterocycles. The van der Waals surface area contributed by atoms with Crippen LogP contribution in [0.2, 0.25) is 0 Å². The zero-order valence-corrected chi connectivity index (χ0v) is 16.1. The highest BCUT2D eigenvalue weighted by atomic mass is 16.2. The van der Waals surface area contributed by atoms with Gasteiger partial charge in [-0.15, -0.1) is 5.10 Å². The summed E-state index contributed by atoms with van der Waals surface area (Å²) in [5.74, 6) is 0.371. The Balaban J connectivity index is 1.61. The van der Waals surface area contributed by atoms with Crippen LogP contribution in [0.5, 0.6) is 0 Å². The van der Waals surface area contributed by atoms with Crippen LogP contribution in [-0.2, 0) is 12.8 Å². The van der Waals surface area contributed by atoms with Crippen molar-refractivity contribution in [3.63, 3.8) is 0 Å². The fraction of sp³-hybridized carbons (Fsp3) is 0.368. The largest absolute Gasteiger partial charge is 0.352 e. The van der Waals surface area contributed by atoms with E-state index in [4.69, 9.17) is 0 Å². The highest BCUT2D eigenvalue weighted by Crippen LogP contribution is 2.21. The highest BCUT2D eigenvalue weighted by molar-refractivity contribution is 5.94. The number of benzene rings is 1. The number of H-pyrrole nitrogens is 1. The Labute approximate surface area is 167 Å². The maximum atomic E-state index is 12.6. The molecule has 4 rings (SSSR count). The van der Waals surface area contributed by atoms with E-state index < -0.39 is 0 Å². The molecule has 0 spiro atoms. The van der Waals surface area contributed by atoms with E-state index in [9.17, 15) is 9.59 Å². The molecule has 1 saturated carbocycles. The maximum Gasteiger partial charge on any atom is 0.273 e. The van der Waals surface area contributed by atoms with Gasteiger partial charge in [-0.1, -0.05) is 5.21 Å². The lowest BCUT2D eigenvalue weighted by Crippen LogP contribution is -2.27. The molecule has 2 aromatic heterocycles. The van der Waals surface area contributed by atoms with E-state index >= 15 is 0 Å². The number of aromatic amines is 1. The molecule has 0 radical (unpaired) electrons. The minimum atomic E-state index is -0.217. The Morgan fingerprint density at radius 3 is 2.62 bits per heavy atom. The Morgan fingerprint density at radius 1 is 1.17 bits per heavy atom. The predicted octanol–water partition coefficient (Wildman–Crippen LogP) is 0.812. The van der Waals surface area contributed by atoms with Crippen LogP contribution in [0, 0.1) is 0 Å². The van der Waals surface area contributed by atoms with Gasteiger partial charge in [-0.05, 0) is 50.5 Å².